The zero-order chi connectivity index (χ0) is 15.3. The maximum atomic E-state index is 11.8. The first-order valence-electron chi connectivity index (χ1n) is 7.64. The summed E-state index contributed by atoms with van der Waals surface area (Å²) in [7, 11) is 0. The molecule has 6 heteroatoms. The summed E-state index contributed by atoms with van der Waals surface area (Å²) in [6.07, 6.45) is 5.82. The lowest BCUT2D eigenvalue weighted by molar-refractivity contribution is -0.122. The second-order valence-electron chi connectivity index (χ2n) is 5.96. The average Bonchev–Trinajstić information content (AvgIpc) is 2.78. The Morgan fingerprint density at radius 2 is 2.14 bits per heavy atom. The van der Waals surface area contributed by atoms with E-state index < -0.39 is 5.60 Å². The Morgan fingerprint density at radius 1 is 1.43 bits per heavy atom. The molecule has 1 aliphatic carbocycles. The number of carbonyl (C=O) groups excluding carboxylic acids is 1. The lowest BCUT2D eigenvalue weighted by atomic mass is 9.85. The van der Waals surface area contributed by atoms with Gasteiger partial charge in [0.05, 0.1) is 5.60 Å². The van der Waals surface area contributed by atoms with E-state index in [4.69, 9.17) is 0 Å². The van der Waals surface area contributed by atoms with Crippen molar-refractivity contribution in [1.29, 1.82) is 0 Å². The molecule has 1 saturated carbocycles. The van der Waals surface area contributed by atoms with Gasteiger partial charge >= 0.3 is 4.87 Å². The summed E-state index contributed by atoms with van der Waals surface area (Å²) in [5.74, 6) is -0.0464. The van der Waals surface area contributed by atoms with E-state index in [0.29, 0.717) is 25.9 Å². The predicted molar refractivity (Wildman–Crippen MR) is 83.6 cm³/mol. The highest BCUT2D eigenvalue weighted by Gasteiger charge is 2.29. The predicted octanol–water partition coefficient (Wildman–Crippen LogP) is 1.81. The molecule has 118 valence electrons. The molecule has 0 unspecified atom stereocenters. The van der Waals surface area contributed by atoms with Crippen molar-refractivity contribution in [1.82, 2.24) is 9.88 Å². The van der Waals surface area contributed by atoms with Gasteiger partial charge in [0.15, 0.2) is 0 Å². The number of thiazole rings is 1. The molecule has 1 aliphatic rings. The number of carbonyl (C=O) groups is 1. The molecule has 0 spiro atoms. The Bertz CT molecular complexity index is 529. The number of nitrogens with one attached hydrogen (secondary N) is 1. The lowest BCUT2D eigenvalue weighted by Gasteiger charge is -2.32. The van der Waals surface area contributed by atoms with Crippen LogP contribution in [0.25, 0.3) is 0 Å². The molecule has 0 atom stereocenters. The van der Waals surface area contributed by atoms with Crippen LogP contribution in [0.1, 0.15) is 50.6 Å². The summed E-state index contributed by atoms with van der Waals surface area (Å²) >= 11 is 1.19. The molecule has 0 saturated heterocycles. The zero-order valence-corrected chi connectivity index (χ0v) is 13.4. The first kappa shape index (κ1) is 16.2. The van der Waals surface area contributed by atoms with Gasteiger partial charge in [-0.1, -0.05) is 30.6 Å². The van der Waals surface area contributed by atoms with Crippen molar-refractivity contribution in [2.75, 3.05) is 6.54 Å². The largest absolute Gasteiger partial charge is 0.388 e. The smallest absolute Gasteiger partial charge is 0.307 e. The number of hydrogen-bond donors (Lipinski definition) is 2. The summed E-state index contributed by atoms with van der Waals surface area (Å²) in [4.78, 5) is 23.4. The Kier molecular flexibility index (Phi) is 5.58. The molecule has 1 heterocycles. The number of aliphatic hydroxyl groups is 1. The van der Waals surface area contributed by atoms with E-state index in [2.05, 4.69) is 5.32 Å². The maximum Gasteiger partial charge on any atom is 0.307 e. The number of amides is 1. The van der Waals surface area contributed by atoms with Gasteiger partial charge in [0.25, 0.3) is 0 Å². The Balaban J connectivity index is 1.69. The normalized spacial score (nSPS) is 17.6. The van der Waals surface area contributed by atoms with Crippen LogP contribution in [0.4, 0.5) is 0 Å². The van der Waals surface area contributed by atoms with Crippen molar-refractivity contribution < 1.29 is 9.90 Å². The van der Waals surface area contributed by atoms with E-state index in [9.17, 15) is 14.7 Å². The fourth-order valence-electron chi connectivity index (χ4n) is 2.81. The highest BCUT2D eigenvalue weighted by Crippen LogP contribution is 2.27. The van der Waals surface area contributed by atoms with Crippen LogP contribution >= 0.6 is 11.3 Å². The van der Waals surface area contributed by atoms with Crippen LogP contribution < -0.4 is 10.2 Å². The highest BCUT2D eigenvalue weighted by atomic mass is 32.1. The monoisotopic (exact) mass is 312 g/mol. The first-order valence-corrected chi connectivity index (χ1v) is 8.52. The van der Waals surface area contributed by atoms with Crippen LogP contribution in [0.5, 0.6) is 0 Å². The molecule has 5 nitrogen and oxygen atoms in total. The molecule has 1 fully saturated rings. The van der Waals surface area contributed by atoms with Crippen molar-refractivity contribution in [2.24, 2.45) is 0 Å². The molecule has 0 bridgehead atoms. The molecule has 2 N–H and O–H groups in total. The number of aryl methyl sites for hydroxylation is 1. The number of rotatable bonds is 6. The third-order valence-corrected chi connectivity index (χ3v) is 5.04. The average molecular weight is 312 g/mol. The van der Waals surface area contributed by atoms with Crippen LogP contribution in [0.3, 0.4) is 0 Å². The van der Waals surface area contributed by atoms with Gasteiger partial charge in [-0.25, -0.2) is 0 Å². The minimum atomic E-state index is -0.713. The fraction of sp³-hybridized carbons (Fsp3) is 0.733. The van der Waals surface area contributed by atoms with E-state index in [-0.39, 0.29) is 10.8 Å². The summed E-state index contributed by atoms with van der Waals surface area (Å²) in [5.41, 5.74) is 0.233. The van der Waals surface area contributed by atoms with Gasteiger partial charge < -0.3 is 15.0 Å². The van der Waals surface area contributed by atoms with Crippen LogP contribution in [0.2, 0.25) is 0 Å². The zero-order valence-electron chi connectivity index (χ0n) is 12.6. The van der Waals surface area contributed by atoms with Gasteiger partial charge in [-0.3, -0.25) is 9.59 Å². The molecule has 0 radical (unpaired) electrons. The van der Waals surface area contributed by atoms with E-state index in [1.165, 1.54) is 17.8 Å². The Labute approximate surface area is 129 Å². The van der Waals surface area contributed by atoms with Crippen molar-refractivity contribution in [3.05, 3.63) is 20.7 Å². The van der Waals surface area contributed by atoms with Gasteiger partial charge in [0.2, 0.25) is 5.91 Å². The molecular formula is C15H24N2O3S. The molecule has 2 rings (SSSR count). The lowest BCUT2D eigenvalue weighted by Crippen LogP contribution is -2.44. The van der Waals surface area contributed by atoms with Crippen LogP contribution in [0, 0.1) is 6.92 Å². The molecule has 1 amide bonds. The van der Waals surface area contributed by atoms with E-state index in [0.717, 1.165) is 31.4 Å². The van der Waals surface area contributed by atoms with E-state index in [1.54, 1.807) is 4.57 Å². The van der Waals surface area contributed by atoms with Crippen LogP contribution in [-0.4, -0.2) is 27.7 Å². The summed E-state index contributed by atoms with van der Waals surface area (Å²) in [6.45, 7) is 2.83. The number of nitrogens with zero attached hydrogens (tertiary/aromatic N) is 1. The molecule has 1 aromatic heterocycles. The van der Waals surface area contributed by atoms with Crippen LogP contribution in [0.15, 0.2) is 10.2 Å². The Hall–Kier alpha value is -1.14. The fourth-order valence-corrected chi connectivity index (χ4v) is 3.57. The first-order chi connectivity index (χ1) is 10.0. The van der Waals surface area contributed by atoms with Crippen molar-refractivity contribution in [2.45, 2.75) is 64.0 Å². The SMILES string of the molecule is Cc1csc(=O)n1CCCC(=O)NCC1(O)CCCCC1. The van der Waals surface area contributed by atoms with Crippen molar-refractivity contribution >= 4 is 17.2 Å². The second-order valence-corrected chi connectivity index (χ2v) is 6.78. The molecule has 0 aliphatic heterocycles. The summed E-state index contributed by atoms with van der Waals surface area (Å²) in [5, 5.41) is 15.0. The summed E-state index contributed by atoms with van der Waals surface area (Å²) in [6, 6.07) is 0. The maximum absolute atomic E-state index is 11.8. The van der Waals surface area contributed by atoms with Gasteiger partial charge in [-0.05, 0) is 26.2 Å². The molecule has 1 aromatic rings. The van der Waals surface area contributed by atoms with Gasteiger partial charge in [-0.15, -0.1) is 0 Å². The number of aromatic nitrogens is 1. The second kappa shape index (κ2) is 7.22. The van der Waals surface area contributed by atoms with Gasteiger partial charge in [0, 0.05) is 30.6 Å². The highest BCUT2D eigenvalue weighted by molar-refractivity contribution is 7.07. The minimum absolute atomic E-state index is 0.0319. The topological polar surface area (TPSA) is 71.3 Å². The van der Waals surface area contributed by atoms with Gasteiger partial charge in [0.1, 0.15) is 0 Å². The Morgan fingerprint density at radius 3 is 2.76 bits per heavy atom. The van der Waals surface area contributed by atoms with Crippen LogP contribution in [-0.2, 0) is 11.3 Å². The third kappa shape index (κ3) is 4.68. The summed E-state index contributed by atoms with van der Waals surface area (Å²) < 4.78 is 1.70. The van der Waals surface area contributed by atoms with E-state index >= 15 is 0 Å². The minimum Gasteiger partial charge on any atom is -0.388 e. The van der Waals surface area contributed by atoms with Gasteiger partial charge in [-0.2, -0.15) is 0 Å². The van der Waals surface area contributed by atoms with E-state index in [1.807, 2.05) is 12.3 Å². The number of hydrogen-bond acceptors (Lipinski definition) is 4. The molecule has 0 aromatic carbocycles. The third-order valence-electron chi connectivity index (χ3n) is 4.16. The quantitative estimate of drug-likeness (QED) is 0.841. The van der Waals surface area contributed by atoms with Crippen molar-refractivity contribution in [3.63, 3.8) is 0 Å². The molecular weight excluding hydrogens is 288 g/mol. The van der Waals surface area contributed by atoms with Crippen molar-refractivity contribution in [3.8, 4) is 0 Å². The standard InChI is InChI=1S/C15H24N2O3S/c1-12-10-21-14(19)17(12)9-5-6-13(18)16-11-15(20)7-3-2-4-8-15/h10,20H,2-9,11H2,1H3,(H,16,18). The molecule has 21 heavy (non-hydrogen) atoms.